The van der Waals surface area contributed by atoms with Gasteiger partial charge in [-0.15, -0.1) is 0 Å². The van der Waals surface area contributed by atoms with Crippen LogP contribution in [0.2, 0.25) is 0 Å². The van der Waals surface area contributed by atoms with Crippen molar-refractivity contribution in [1.29, 1.82) is 0 Å². The van der Waals surface area contributed by atoms with Crippen LogP contribution in [-0.4, -0.2) is 77.1 Å². The lowest BCUT2D eigenvalue weighted by atomic mass is 9.66. The normalized spacial score (nSPS) is 22.9. The molecule has 11 rings (SSSR count). The molecule has 78 heavy (non-hydrogen) atoms. The van der Waals surface area contributed by atoms with Gasteiger partial charge in [-0.05, 0) is 68.8 Å². The van der Waals surface area contributed by atoms with Crippen LogP contribution in [0.15, 0.2) is 176 Å². The van der Waals surface area contributed by atoms with Gasteiger partial charge in [-0.3, -0.25) is 4.79 Å². The summed E-state index contributed by atoms with van der Waals surface area (Å²) in [6.07, 6.45) is -6.11. The topological polar surface area (TPSA) is 154 Å². The van der Waals surface area contributed by atoms with Crippen molar-refractivity contribution in [2.45, 2.75) is 75.8 Å². The average molecular weight is 1060 g/mol. The molecule has 15 nitrogen and oxygen atoms in total. The van der Waals surface area contributed by atoms with Crippen LogP contribution in [0.5, 0.6) is 28.7 Å². The van der Waals surface area contributed by atoms with Crippen LogP contribution in [0.1, 0.15) is 56.5 Å². The predicted octanol–water partition coefficient (Wildman–Crippen LogP) is 10.8. The molecule has 7 aromatic rings. The van der Waals surface area contributed by atoms with Crippen molar-refractivity contribution in [2.24, 2.45) is 11.8 Å². The van der Waals surface area contributed by atoms with E-state index in [2.05, 4.69) is 0 Å². The summed E-state index contributed by atoms with van der Waals surface area (Å²) in [5.41, 5.74) is 6.63. The standard InChI is InChI=1S/C63H60O15/c1-66-51-28-45(29-52(67-2)57(51)78-63(65)73-36-44-26-16-7-17-27-44)54-46-30-49-50(75-39-74-49)31-47(46)56(48-37-72-61(64)55(48)54)77-62-60(71-35-43-24-14-6-15-25-43)59(70-34-42-22-12-5-13-23-42)58(69-33-41-20-10-4-11-21-41)53(76-62)38-68-32-40-18-8-3-9-19-40/h3-31,48,53-56,58-60,62H,32-39H2,1-2H3/t48-,53+,54+,55-,56+,58+,59+,60+,62?/m0/s1. The van der Waals surface area contributed by atoms with Crippen molar-refractivity contribution in [1.82, 2.24) is 0 Å². The van der Waals surface area contributed by atoms with E-state index < -0.39 is 66.7 Å². The Morgan fingerprint density at radius 1 is 0.551 bits per heavy atom. The number of rotatable bonds is 21. The van der Waals surface area contributed by atoms with Gasteiger partial charge >= 0.3 is 12.1 Å². The van der Waals surface area contributed by atoms with Gasteiger partial charge in [-0.1, -0.05) is 152 Å². The van der Waals surface area contributed by atoms with Crippen LogP contribution in [-0.2, 0) is 75.7 Å². The first-order valence-electron chi connectivity index (χ1n) is 26.0. The molecular formula is C63H60O15. The lowest BCUT2D eigenvalue weighted by molar-refractivity contribution is -0.341. The Morgan fingerprint density at radius 3 is 1.58 bits per heavy atom. The van der Waals surface area contributed by atoms with Crippen molar-refractivity contribution in [2.75, 3.05) is 34.2 Å². The maximum Gasteiger partial charge on any atom is 0.514 e. The lowest BCUT2D eigenvalue weighted by Crippen LogP contribution is -2.62. The molecule has 0 radical (unpaired) electrons. The molecule has 0 saturated carbocycles. The molecule has 7 aromatic carbocycles. The van der Waals surface area contributed by atoms with Gasteiger partial charge in [0.1, 0.15) is 31.0 Å². The number of ether oxygens (including phenoxy) is 13. The second-order valence-corrected chi connectivity index (χ2v) is 19.4. The van der Waals surface area contributed by atoms with Gasteiger partial charge in [0.15, 0.2) is 29.3 Å². The summed E-state index contributed by atoms with van der Waals surface area (Å²) in [7, 11) is 2.91. The minimum atomic E-state index is -1.13. The molecule has 15 heteroatoms. The molecule has 0 bridgehead atoms. The number of hydrogen-bond donors (Lipinski definition) is 0. The third kappa shape index (κ3) is 11.9. The third-order valence-corrected chi connectivity index (χ3v) is 14.5. The Bertz CT molecular complexity index is 3070. The highest BCUT2D eigenvalue weighted by molar-refractivity contribution is 5.79. The summed E-state index contributed by atoms with van der Waals surface area (Å²) in [5.74, 6) is -1.17. The fraction of sp³-hybridized carbons (Fsp3) is 0.302. The Hall–Kier alpha value is -7.76. The molecule has 1 unspecified atom stereocenters. The molecule has 9 atom stereocenters. The van der Waals surface area contributed by atoms with E-state index in [0.29, 0.717) is 34.8 Å². The Kier molecular flexibility index (Phi) is 16.6. The number of fused-ring (bicyclic) bond motifs is 3. The summed E-state index contributed by atoms with van der Waals surface area (Å²) in [4.78, 5) is 27.7. The first-order valence-corrected chi connectivity index (χ1v) is 26.0. The van der Waals surface area contributed by atoms with Crippen molar-refractivity contribution in [3.05, 3.63) is 220 Å². The van der Waals surface area contributed by atoms with Gasteiger partial charge in [0, 0.05) is 11.8 Å². The van der Waals surface area contributed by atoms with E-state index in [0.717, 1.165) is 27.8 Å². The Morgan fingerprint density at radius 2 is 1.04 bits per heavy atom. The highest BCUT2D eigenvalue weighted by atomic mass is 16.7. The number of methoxy groups -OCH3 is 2. The van der Waals surface area contributed by atoms with Crippen molar-refractivity contribution in [3.8, 4) is 28.7 Å². The van der Waals surface area contributed by atoms with Crippen LogP contribution >= 0.6 is 0 Å². The maximum absolute atomic E-state index is 14.5. The smallest absolute Gasteiger partial charge is 0.493 e. The van der Waals surface area contributed by atoms with E-state index >= 15 is 0 Å². The van der Waals surface area contributed by atoms with E-state index in [9.17, 15) is 9.59 Å². The first kappa shape index (κ1) is 52.3. The molecule has 2 saturated heterocycles. The summed E-state index contributed by atoms with van der Waals surface area (Å²) >= 11 is 0. The van der Waals surface area contributed by atoms with Gasteiger partial charge in [-0.25, -0.2) is 4.79 Å². The fourth-order valence-electron chi connectivity index (χ4n) is 10.7. The van der Waals surface area contributed by atoms with E-state index in [-0.39, 0.29) is 63.7 Å². The van der Waals surface area contributed by atoms with Crippen LogP contribution in [0.4, 0.5) is 4.79 Å². The number of cyclic esters (lactones) is 1. The zero-order valence-electron chi connectivity index (χ0n) is 43.2. The molecule has 0 aromatic heterocycles. The minimum Gasteiger partial charge on any atom is -0.493 e. The van der Waals surface area contributed by atoms with Crippen LogP contribution < -0.4 is 23.7 Å². The zero-order valence-corrected chi connectivity index (χ0v) is 43.2. The van der Waals surface area contributed by atoms with Gasteiger partial charge < -0.3 is 61.6 Å². The van der Waals surface area contributed by atoms with E-state index in [1.807, 2.05) is 164 Å². The van der Waals surface area contributed by atoms with E-state index in [4.69, 9.17) is 61.6 Å². The van der Waals surface area contributed by atoms with Gasteiger partial charge in [-0.2, -0.15) is 0 Å². The lowest BCUT2D eigenvalue weighted by Gasteiger charge is -2.48. The molecule has 0 N–H and O–H groups in total. The zero-order chi connectivity index (χ0) is 53.2. The highest BCUT2D eigenvalue weighted by Crippen LogP contribution is 2.57. The van der Waals surface area contributed by atoms with Crippen LogP contribution in [0.3, 0.4) is 0 Å². The van der Waals surface area contributed by atoms with Gasteiger partial charge in [0.25, 0.3) is 0 Å². The molecule has 3 heterocycles. The van der Waals surface area contributed by atoms with Gasteiger partial charge in [0.2, 0.25) is 12.5 Å². The second-order valence-electron chi connectivity index (χ2n) is 19.4. The molecule has 3 aliphatic heterocycles. The number of carbonyl (C=O) groups excluding carboxylic acids is 2. The predicted molar refractivity (Wildman–Crippen MR) is 283 cm³/mol. The highest BCUT2D eigenvalue weighted by Gasteiger charge is 2.56. The third-order valence-electron chi connectivity index (χ3n) is 14.5. The quantitative estimate of drug-likeness (QED) is 0.0495. The number of hydrogen-bond acceptors (Lipinski definition) is 15. The monoisotopic (exact) mass is 1060 g/mol. The number of benzene rings is 7. The average Bonchev–Trinajstić information content (AvgIpc) is 4.31. The SMILES string of the molecule is COc1cc([C@@H]2c3cc4c(cc3[C@@H](OC3O[C@H](COCc5ccccc5)[C@@H](OCc5ccccc5)[C@@H](OCc5ccccc5)[C@H]3OCc3ccccc3)[C@H]3COC(=O)[C@H]23)OCO4)cc(OC)c1OC(=O)OCc1ccccc1. The number of esters is 1. The molecule has 0 spiro atoms. The fourth-order valence-corrected chi connectivity index (χ4v) is 10.7. The summed E-state index contributed by atoms with van der Waals surface area (Å²) in [5, 5.41) is 0. The largest absolute Gasteiger partial charge is 0.514 e. The first-order chi connectivity index (χ1) is 38.4. The Balaban J connectivity index is 0.977. The maximum atomic E-state index is 14.5. The van der Waals surface area contributed by atoms with E-state index in [1.54, 1.807) is 12.1 Å². The van der Waals surface area contributed by atoms with Crippen molar-refractivity contribution < 1.29 is 71.2 Å². The molecular weight excluding hydrogens is 997 g/mol. The minimum absolute atomic E-state index is 0.00340. The molecule has 2 fully saturated rings. The molecule has 4 aliphatic rings. The molecule has 402 valence electrons. The molecule has 0 amide bonds. The summed E-state index contributed by atoms with van der Waals surface area (Å²) < 4.78 is 83.3. The Labute approximate surface area is 452 Å². The molecule has 1 aliphatic carbocycles. The van der Waals surface area contributed by atoms with Crippen LogP contribution in [0, 0.1) is 11.8 Å². The van der Waals surface area contributed by atoms with Gasteiger partial charge in [0.05, 0.1) is 65.9 Å². The second kappa shape index (κ2) is 24.7. The van der Waals surface area contributed by atoms with Crippen molar-refractivity contribution in [3.63, 3.8) is 0 Å². The van der Waals surface area contributed by atoms with E-state index in [1.165, 1.54) is 14.2 Å². The van der Waals surface area contributed by atoms with Crippen molar-refractivity contribution >= 4 is 12.1 Å². The number of carbonyl (C=O) groups is 2. The summed E-state index contributed by atoms with van der Waals surface area (Å²) in [6, 6.07) is 56.2. The summed E-state index contributed by atoms with van der Waals surface area (Å²) in [6.45, 7) is 1.08. The van der Waals surface area contributed by atoms with Crippen LogP contribution in [0.25, 0.3) is 0 Å².